The fourth-order valence-corrected chi connectivity index (χ4v) is 6.79. The monoisotopic (exact) mass is 397 g/mol. The van der Waals surface area contributed by atoms with E-state index < -0.39 is 0 Å². The van der Waals surface area contributed by atoms with Crippen molar-refractivity contribution in [1.82, 2.24) is 10.2 Å². The van der Waals surface area contributed by atoms with Crippen LogP contribution in [-0.2, 0) is 4.79 Å². The number of urea groups is 1. The van der Waals surface area contributed by atoms with E-state index in [9.17, 15) is 9.59 Å². The molecule has 3 amide bonds. The molecule has 5 fully saturated rings. The third kappa shape index (κ3) is 2.93. The normalized spacial score (nSPS) is 34.2. The van der Waals surface area contributed by atoms with Crippen LogP contribution in [0.25, 0.3) is 0 Å². The molecule has 29 heavy (non-hydrogen) atoms. The molecule has 4 aliphatic carbocycles. The van der Waals surface area contributed by atoms with Gasteiger partial charge in [0.2, 0.25) is 12.7 Å². The molecule has 1 aromatic rings. The fourth-order valence-electron chi connectivity index (χ4n) is 6.79. The minimum atomic E-state index is -0.121. The molecule has 0 spiro atoms. The van der Waals surface area contributed by atoms with Crippen LogP contribution >= 0.6 is 0 Å². The summed E-state index contributed by atoms with van der Waals surface area (Å²) in [6.07, 6.45) is 7.44. The van der Waals surface area contributed by atoms with E-state index in [-0.39, 0.29) is 30.8 Å². The largest absolute Gasteiger partial charge is 0.454 e. The van der Waals surface area contributed by atoms with Gasteiger partial charge in [-0.2, -0.15) is 0 Å². The Labute approximate surface area is 170 Å². The minimum absolute atomic E-state index is 0.00663. The highest BCUT2D eigenvalue weighted by Gasteiger charge is 2.51. The second-order valence-corrected chi connectivity index (χ2v) is 9.64. The molecule has 7 heteroatoms. The molecule has 0 radical (unpaired) electrons. The number of hydrogen-bond donors (Lipinski definition) is 1. The predicted octanol–water partition coefficient (Wildman–Crippen LogP) is 2.74. The summed E-state index contributed by atoms with van der Waals surface area (Å²) in [7, 11) is 0. The predicted molar refractivity (Wildman–Crippen MR) is 106 cm³/mol. The highest BCUT2D eigenvalue weighted by atomic mass is 16.7. The molecule has 1 N–H and O–H groups in total. The Morgan fingerprint density at radius 2 is 1.72 bits per heavy atom. The third-order valence-corrected chi connectivity index (χ3v) is 7.54. The number of rotatable bonds is 4. The highest BCUT2D eigenvalue weighted by Crippen LogP contribution is 2.55. The Balaban J connectivity index is 1.11. The summed E-state index contributed by atoms with van der Waals surface area (Å²) in [5.41, 5.74) is 0.772. The van der Waals surface area contributed by atoms with Gasteiger partial charge in [-0.3, -0.25) is 9.69 Å². The molecule has 2 aliphatic heterocycles. The molecule has 154 valence electrons. The number of benzene rings is 1. The average Bonchev–Trinajstić information content (AvgIpc) is 3.26. The summed E-state index contributed by atoms with van der Waals surface area (Å²) in [4.78, 5) is 29.1. The van der Waals surface area contributed by atoms with Gasteiger partial charge in [0.1, 0.15) is 6.54 Å². The zero-order valence-corrected chi connectivity index (χ0v) is 16.6. The smallest absolute Gasteiger partial charge is 0.325 e. The van der Waals surface area contributed by atoms with Crippen molar-refractivity contribution < 1.29 is 19.1 Å². The lowest BCUT2D eigenvalue weighted by Crippen LogP contribution is -2.61. The van der Waals surface area contributed by atoms with E-state index in [0.717, 1.165) is 42.7 Å². The van der Waals surface area contributed by atoms with Crippen LogP contribution in [-0.4, -0.2) is 48.8 Å². The van der Waals surface area contributed by atoms with Crippen molar-refractivity contribution in [3.63, 3.8) is 0 Å². The van der Waals surface area contributed by atoms with Gasteiger partial charge in [0.15, 0.2) is 11.5 Å². The number of fused-ring (bicyclic) bond motifs is 1. The number of carbonyl (C=O) groups is 2. The molecule has 0 aromatic heterocycles. The van der Waals surface area contributed by atoms with E-state index in [0.29, 0.717) is 24.6 Å². The van der Waals surface area contributed by atoms with Crippen LogP contribution in [0.4, 0.5) is 10.5 Å². The summed E-state index contributed by atoms with van der Waals surface area (Å²) in [5.74, 6) is 3.72. The Morgan fingerprint density at radius 1 is 1.03 bits per heavy atom. The van der Waals surface area contributed by atoms with Gasteiger partial charge in [-0.25, -0.2) is 4.79 Å². The van der Waals surface area contributed by atoms with E-state index in [2.05, 4.69) is 5.32 Å². The zero-order valence-electron chi connectivity index (χ0n) is 16.6. The minimum Gasteiger partial charge on any atom is -0.454 e. The van der Waals surface area contributed by atoms with Gasteiger partial charge in [0.25, 0.3) is 0 Å². The van der Waals surface area contributed by atoms with Gasteiger partial charge in [-0.1, -0.05) is 0 Å². The number of ether oxygens (including phenoxy) is 2. The summed E-state index contributed by atoms with van der Waals surface area (Å²) in [5, 5.41) is 3.37. The summed E-state index contributed by atoms with van der Waals surface area (Å²) in [6, 6.07) is 5.40. The summed E-state index contributed by atoms with van der Waals surface area (Å²) < 4.78 is 10.8. The van der Waals surface area contributed by atoms with E-state index in [1.54, 1.807) is 9.80 Å². The first-order valence-corrected chi connectivity index (χ1v) is 10.8. The lowest BCUT2D eigenvalue weighted by Gasteiger charge is -2.57. The first kappa shape index (κ1) is 17.4. The van der Waals surface area contributed by atoms with E-state index in [4.69, 9.17) is 9.47 Å². The molecule has 7 nitrogen and oxygen atoms in total. The van der Waals surface area contributed by atoms with Crippen molar-refractivity contribution in [3.8, 4) is 11.5 Å². The fraction of sp³-hybridized carbons (Fsp3) is 0.636. The lowest BCUT2D eigenvalue weighted by atomic mass is 9.53. The first-order chi connectivity index (χ1) is 14.1. The number of anilines is 1. The quantitative estimate of drug-likeness (QED) is 0.848. The molecule has 1 saturated heterocycles. The van der Waals surface area contributed by atoms with Crippen LogP contribution in [0.2, 0.25) is 0 Å². The number of nitrogens with zero attached hydrogens (tertiary/aromatic N) is 2. The highest BCUT2D eigenvalue weighted by molar-refractivity contribution is 5.96. The molecule has 0 atom stereocenters. The van der Waals surface area contributed by atoms with E-state index >= 15 is 0 Å². The maximum Gasteiger partial charge on any atom is 0.325 e. The summed E-state index contributed by atoms with van der Waals surface area (Å²) >= 11 is 0. The van der Waals surface area contributed by atoms with Crippen molar-refractivity contribution in [1.29, 1.82) is 0 Å². The molecular weight excluding hydrogens is 370 g/mol. The van der Waals surface area contributed by atoms with E-state index in [1.165, 1.54) is 19.3 Å². The number of hydrogen-bond acceptors (Lipinski definition) is 4. The van der Waals surface area contributed by atoms with Gasteiger partial charge in [0, 0.05) is 30.4 Å². The van der Waals surface area contributed by atoms with Gasteiger partial charge >= 0.3 is 6.03 Å². The molecule has 0 unspecified atom stereocenters. The van der Waals surface area contributed by atoms with Crippen molar-refractivity contribution >= 4 is 17.6 Å². The average molecular weight is 397 g/mol. The molecule has 4 bridgehead atoms. The number of carbonyl (C=O) groups excluding carboxylic acids is 2. The van der Waals surface area contributed by atoms with Gasteiger partial charge < -0.3 is 19.7 Å². The van der Waals surface area contributed by atoms with Crippen LogP contribution < -0.4 is 19.7 Å². The Morgan fingerprint density at radius 3 is 2.45 bits per heavy atom. The Bertz CT molecular complexity index is 834. The van der Waals surface area contributed by atoms with Crippen molar-refractivity contribution in [2.75, 3.05) is 31.3 Å². The molecule has 1 aromatic carbocycles. The van der Waals surface area contributed by atoms with Crippen molar-refractivity contribution in [3.05, 3.63) is 18.2 Å². The Kier molecular flexibility index (Phi) is 3.77. The topological polar surface area (TPSA) is 71.1 Å². The second-order valence-electron chi connectivity index (χ2n) is 9.64. The van der Waals surface area contributed by atoms with Crippen LogP contribution in [0.5, 0.6) is 11.5 Å². The lowest BCUT2D eigenvalue weighted by molar-refractivity contribution is -0.127. The van der Waals surface area contributed by atoms with Crippen LogP contribution in [0, 0.1) is 17.8 Å². The van der Waals surface area contributed by atoms with Crippen molar-refractivity contribution in [2.24, 2.45) is 17.8 Å². The van der Waals surface area contributed by atoms with Crippen LogP contribution in [0.1, 0.15) is 38.5 Å². The maximum atomic E-state index is 12.9. The standard InChI is InChI=1S/C22H27N3O4/c26-20(23-22-9-14-5-15(10-22)7-16(6-14)11-22)12-24-3-4-25(21(24)27)17-1-2-18-19(8-17)29-13-28-18/h1-2,8,14-16H,3-7,9-13H2,(H,23,26). The SMILES string of the molecule is O=C(CN1CCN(c2ccc3c(c2)OCO3)C1=O)NC12CC3CC(CC(C3)C1)C2. The molecule has 4 saturated carbocycles. The summed E-state index contributed by atoms with van der Waals surface area (Å²) in [6.45, 7) is 1.48. The molecule has 2 heterocycles. The molecular formula is C22H27N3O4. The van der Waals surface area contributed by atoms with Gasteiger partial charge in [0.05, 0.1) is 0 Å². The van der Waals surface area contributed by atoms with Crippen LogP contribution in [0.3, 0.4) is 0 Å². The van der Waals surface area contributed by atoms with Crippen LogP contribution in [0.15, 0.2) is 18.2 Å². The first-order valence-electron chi connectivity index (χ1n) is 10.8. The Hall–Kier alpha value is -2.44. The zero-order chi connectivity index (χ0) is 19.6. The van der Waals surface area contributed by atoms with Gasteiger partial charge in [-0.15, -0.1) is 0 Å². The molecule has 6 aliphatic rings. The van der Waals surface area contributed by atoms with Crippen molar-refractivity contribution in [2.45, 2.75) is 44.1 Å². The van der Waals surface area contributed by atoms with Gasteiger partial charge in [-0.05, 0) is 68.4 Å². The number of amides is 3. The van der Waals surface area contributed by atoms with E-state index in [1.807, 2.05) is 18.2 Å². The second kappa shape index (κ2) is 6.28. The maximum absolute atomic E-state index is 12.9. The molecule has 7 rings (SSSR count). The third-order valence-electron chi connectivity index (χ3n) is 7.54. The number of nitrogens with one attached hydrogen (secondary N) is 1.